The van der Waals surface area contributed by atoms with Gasteiger partial charge < -0.3 is 10.1 Å². The first kappa shape index (κ1) is 27.7. The lowest BCUT2D eigenvalue weighted by molar-refractivity contribution is -0.137. The van der Waals surface area contributed by atoms with Crippen LogP contribution in [0.4, 0.5) is 23.7 Å². The molecule has 0 aromatic heterocycles. The van der Waals surface area contributed by atoms with E-state index in [-0.39, 0.29) is 17.2 Å². The molecule has 6 nitrogen and oxygen atoms in total. The summed E-state index contributed by atoms with van der Waals surface area (Å²) in [5.41, 5.74) is 0.216. The van der Waals surface area contributed by atoms with E-state index in [0.29, 0.717) is 32.6 Å². The maximum atomic E-state index is 12.9. The van der Waals surface area contributed by atoms with Crippen molar-refractivity contribution in [2.45, 2.75) is 12.8 Å². The van der Waals surface area contributed by atoms with E-state index < -0.39 is 35.3 Å². The molecule has 1 aliphatic heterocycles. The Balaban J connectivity index is 1.47. The fourth-order valence-electron chi connectivity index (χ4n) is 3.43. The molecule has 0 saturated carbocycles. The fourth-order valence-corrected chi connectivity index (χ4v) is 4.83. The van der Waals surface area contributed by atoms with Gasteiger partial charge in [0, 0.05) is 26.3 Å². The number of benzene rings is 3. The molecule has 3 aromatic rings. The molecule has 4 rings (SSSR count). The van der Waals surface area contributed by atoms with Crippen LogP contribution in [0.15, 0.2) is 76.1 Å². The molecule has 1 saturated heterocycles. The molecule has 1 aliphatic rings. The molecular formula is C26H17BrClF3N2O4S. The second-order valence-electron chi connectivity index (χ2n) is 7.96. The molecule has 196 valence electrons. The first-order chi connectivity index (χ1) is 18.0. The quantitative estimate of drug-likeness (QED) is 0.278. The summed E-state index contributed by atoms with van der Waals surface area (Å²) < 4.78 is 45.4. The summed E-state index contributed by atoms with van der Waals surface area (Å²) in [5.74, 6) is -1.10. The average Bonchev–Trinajstić information content (AvgIpc) is 3.11. The van der Waals surface area contributed by atoms with Crippen molar-refractivity contribution in [1.82, 2.24) is 4.90 Å². The minimum atomic E-state index is -4.58. The second-order valence-corrected chi connectivity index (χ2v) is 10.3. The zero-order valence-electron chi connectivity index (χ0n) is 19.2. The summed E-state index contributed by atoms with van der Waals surface area (Å²) in [4.78, 5) is 38.6. The van der Waals surface area contributed by atoms with Crippen LogP contribution in [0.25, 0.3) is 6.08 Å². The number of rotatable bonds is 7. The van der Waals surface area contributed by atoms with Crippen molar-refractivity contribution in [1.29, 1.82) is 0 Å². The van der Waals surface area contributed by atoms with E-state index in [2.05, 4.69) is 21.2 Å². The molecule has 12 heteroatoms. The fraction of sp³-hybridized carbons (Fsp3) is 0.115. The molecule has 0 spiro atoms. The van der Waals surface area contributed by atoms with Gasteiger partial charge in [0.15, 0.2) is 0 Å². The zero-order chi connectivity index (χ0) is 27.4. The monoisotopic (exact) mass is 624 g/mol. The Bertz CT molecular complexity index is 1450. The highest BCUT2D eigenvalue weighted by Gasteiger charge is 2.36. The van der Waals surface area contributed by atoms with Gasteiger partial charge in [0.1, 0.15) is 18.9 Å². The number of nitrogens with zero attached hydrogens (tertiary/aromatic N) is 1. The van der Waals surface area contributed by atoms with Crippen LogP contribution in [-0.2, 0) is 22.4 Å². The van der Waals surface area contributed by atoms with Crippen LogP contribution in [0.3, 0.4) is 0 Å². The van der Waals surface area contributed by atoms with Crippen LogP contribution < -0.4 is 10.1 Å². The van der Waals surface area contributed by atoms with E-state index >= 15 is 0 Å². The van der Waals surface area contributed by atoms with Gasteiger partial charge in [0.05, 0.1) is 10.5 Å². The molecule has 3 amide bonds. The minimum Gasteiger partial charge on any atom is -0.488 e. The maximum absolute atomic E-state index is 12.9. The van der Waals surface area contributed by atoms with E-state index in [0.717, 1.165) is 28.7 Å². The minimum absolute atomic E-state index is 0.0579. The van der Waals surface area contributed by atoms with Gasteiger partial charge in [0.25, 0.3) is 11.1 Å². The topological polar surface area (TPSA) is 75.7 Å². The van der Waals surface area contributed by atoms with E-state index in [1.165, 1.54) is 12.1 Å². The molecule has 0 aliphatic carbocycles. The number of imide groups is 1. The summed E-state index contributed by atoms with van der Waals surface area (Å²) in [6.45, 7) is -0.494. The van der Waals surface area contributed by atoms with Crippen molar-refractivity contribution >= 4 is 68.1 Å². The summed E-state index contributed by atoms with van der Waals surface area (Å²) in [6.07, 6.45) is -3.11. The lowest BCUT2D eigenvalue weighted by atomic mass is 10.1. The van der Waals surface area contributed by atoms with Crippen molar-refractivity contribution in [3.8, 4) is 5.75 Å². The molecule has 1 N–H and O–H groups in total. The zero-order valence-corrected chi connectivity index (χ0v) is 22.4. The lowest BCUT2D eigenvalue weighted by Gasteiger charge is -2.14. The van der Waals surface area contributed by atoms with Gasteiger partial charge in [-0.05, 0) is 60.3 Å². The largest absolute Gasteiger partial charge is 0.488 e. The van der Waals surface area contributed by atoms with Crippen molar-refractivity contribution in [2.24, 2.45) is 0 Å². The second kappa shape index (κ2) is 11.6. The molecule has 0 atom stereocenters. The number of alkyl halides is 3. The molecular weight excluding hydrogens is 609 g/mol. The predicted molar refractivity (Wildman–Crippen MR) is 143 cm³/mol. The first-order valence-corrected chi connectivity index (χ1v) is 12.9. The smallest absolute Gasteiger partial charge is 0.416 e. The van der Waals surface area contributed by atoms with Crippen LogP contribution in [0, 0.1) is 0 Å². The van der Waals surface area contributed by atoms with Gasteiger partial charge in [-0.1, -0.05) is 51.8 Å². The summed E-state index contributed by atoms with van der Waals surface area (Å²) >= 11 is 10.2. The number of thioether (sulfide) groups is 1. The van der Waals surface area contributed by atoms with Crippen molar-refractivity contribution in [2.75, 3.05) is 11.9 Å². The van der Waals surface area contributed by atoms with E-state index in [9.17, 15) is 27.6 Å². The number of hydrogen-bond acceptors (Lipinski definition) is 5. The first-order valence-electron chi connectivity index (χ1n) is 10.9. The summed E-state index contributed by atoms with van der Waals surface area (Å²) in [6, 6.07) is 16.4. The Morgan fingerprint density at radius 3 is 2.58 bits per heavy atom. The maximum Gasteiger partial charge on any atom is 0.416 e. The van der Waals surface area contributed by atoms with Crippen molar-refractivity contribution in [3.05, 3.63) is 97.8 Å². The number of carbonyl (C=O) groups is 3. The van der Waals surface area contributed by atoms with E-state index in [1.807, 2.05) is 12.1 Å². The molecule has 0 unspecified atom stereocenters. The summed E-state index contributed by atoms with van der Waals surface area (Å²) in [7, 11) is 0. The SMILES string of the molecule is O=C(CN1C(=O)S/C(=C\c2cc(Br)ccc2OCc2ccccc2Cl)C1=O)Nc1cccc(C(F)(F)F)c1. The molecule has 0 radical (unpaired) electrons. The molecule has 0 bridgehead atoms. The van der Waals surface area contributed by atoms with E-state index in [4.69, 9.17) is 16.3 Å². The lowest BCUT2D eigenvalue weighted by Crippen LogP contribution is -2.36. The van der Waals surface area contributed by atoms with Crippen molar-refractivity contribution in [3.63, 3.8) is 0 Å². The number of hydrogen-bond donors (Lipinski definition) is 1. The summed E-state index contributed by atoms with van der Waals surface area (Å²) in [5, 5.41) is 2.14. The third kappa shape index (κ3) is 6.77. The number of amides is 3. The average molecular weight is 626 g/mol. The molecule has 1 fully saturated rings. The normalized spacial score (nSPS) is 14.8. The molecule has 1 heterocycles. The number of anilines is 1. The van der Waals surface area contributed by atoms with Crippen LogP contribution in [-0.4, -0.2) is 28.5 Å². The standard InChI is InChI=1S/C26H17BrClF3N2O4S/c27-18-8-9-21(37-14-15-4-1-2-7-20(15)28)16(10-18)11-22-24(35)33(25(36)38-22)13-23(34)32-19-6-3-5-17(12-19)26(29,30)31/h1-12H,13-14H2,(H,32,34)/b22-11-. The van der Waals surface area contributed by atoms with Gasteiger partial charge >= 0.3 is 6.18 Å². The van der Waals surface area contributed by atoms with Crippen LogP contribution in [0.2, 0.25) is 5.02 Å². The third-order valence-corrected chi connectivity index (χ3v) is 7.02. The van der Waals surface area contributed by atoms with Crippen molar-refractivity contribution < 1.29 is 32.3 Å². The van der Waals surface area contributed by atoms with Crippen LogP contribution >= 0.6 is 39.3 Å². The van der Waals surface area contributed by atoms with Gasteiger partial charge in [0.2, 0.25) is 5.91 Å². The van der Waals surface area contributed by atoms with E-state index in [1.54, 1.807) is 30.3 Å². The van der Waals surface area contributed by atoms with Crippen LogP contribution in [0.5, 0.6) is 5.75 Å². The molecule has 38 heavy (non-hydrogen) atoms. The van der Waals surface area contributed by atoms with Gasteiger partial charge in [-0.15, -0.1) is 0 Å². The molecule has 3 aromatic carbocycles. The number of ether oxygens (including phenoxy) is 1. The highest BCUT2D eigenvalue weighted by molar-refractivity contribution is 9.10. The Kier molecular flexibility index (Phi) is 8.49. The van der Waals surface area contributed by atoms with Crippen LogP contribution in [0.1, 0.15) is 16.7 Å². The number of halogens is 5. The Labute approximate surface area is 232 Å². The third-order valence-electron chi connectivity index (χ3n) is 5.25. The predicted octanol–water partition coefficient (Wildman–Crippen LogP) is 7.38. The van der Waals surface area contributed by atoms with Gasteiger partial charge in [-0.25, -0.2) is 0 Å². The van der Waals surface area contributed by atoms with Gasteiger partial charge in [-0.3, -0.25) is 19.3 Å². The highest BCUT2D eigenvalue weighted by atomic mass is 79.9. The van der Waals surface area contributed by atoms with Gasteiger partial charge in [-0.2, -0.15) is 13.2 Å². The highest BCUT2D eigenvalue weighted by Crippen LogP contribution is 2.35. The Morgan fingerprint density at radius 1 is 1.08 bits per heavy atom. The Morgan fingerprint density at radius 2 is 1.84 bits per heavy atom. The number of nitrogens with one attached hydrogen (secondary N) is 1. The number of carbonyl (C=O) groups excluding carboxylic acids is 3. The Hall–Kier alpha value is -3.28.